The summed E-state index contributed by atoms with van der Waals surface area (Å²) in [5.74, 6) is -0.0158. The average Bonchev–Trinajstić information content (AvgIpc) is 2.64. The third-order valence-electron chi connectivity index (χ3n) is 2.87. The van der Waals surface area contributed by atoms with Gasteiger partial charge >= 0.3 is 0 Å². The molecule has 1 amide bonds. The van der Waals surface area contributed by atoms with Crippen molar-refractivity contribution in [3.63, 3.8) is 0 Å². The van der Waals surface area contributed by atoms with Crippen molar-refractivity contribution < 1.29 is 4.79 Å². The molecule has 1 aliphatic rings. The Morgan fingerprint density at radius 1 is 1.56 bits per heavy atom. The van der Waals surface area contributed by atoms with Crippen molar-refractivity contribution in [2.75, 3.05) is 13.1 Å². The lowest BCUT2D eigenvalue weighted by Crippen LogP contribution is -2.32. The van der Waals surface area contributed by atoms with Crippen LogP contribution in [0.3, 0.4) is 0 Å². The summed E-state index contributed by atoms with van der Waals surface area (Å²) >= 11 is 6.06. The van der Waals surface area contributed by atoms with Gasteiger partial charge in [0, 0.05) is 19.1 Å². The van der Waals surface area contributed by atoms with Crippen LogP contribution in [0, 0.1) is 6.92 Å². The third kappa shape index (κ3) is 2.20. The van der Waals surface area contributed by atoms with E-state index in [1.807, 2.05) is 19.1 Å². The van der Waals surface area contributed by atoms with Gasteiger partial charge in [-0.2, -0.15) is 0 Å². The van der Waals surface area contributed by atoms with Crippen LogP contribution in [0.25, 0.3) is 0 Å². The lowest BCUT2D eigenvalue weighted by atomic mass is 10.1. The summed E-state index contributed by atoms with van der Waals surface area (Å²) in [5, 5.41) is 0.519. The molecule has 0 saturated carbocycles. The van der Waals surface area contributed by atoms with E-state index in [4.69, 9.17) is 17.3 Å². The molecule has 0 aliphatic carbocycles. The minimum Gasteiger partial charge on any atom is -0.337 e. The molecular weight excluding hydrogens is 224 g/mol. The first-order valence-corrected chi connectivity index (χ1v) is 5.76. The van der Waals surface area contributed by atoms with E-state index in [-0.39, 0.29) is 11.9 Å². The van der Waals surface area contributed by atoms with Gasteiger partial charge in [-0.25, -0.2) is 0 Å². The second-order valence-corrected chi connectivity index (χ2v) is 4.69. The lowest BCUT2D eigenvalue weighted by Gasteiger charge is -2.16. The van der Waals surface area contributed by atoms with Gasteiger partial charge in [0.1, 0.15) is 0 Å². The van der Waals surface area contributed by atoms with Crippen LogP contribution in [-0.2, 0) is 0 Å². The Hall–Kier alpha value is -1.06. The first-order chi connectivity index (χ1) is 7.58. The van der Waals surface area contributed by atoms with Crippen LogP contribution >= 0.6 is 11.6 Å². The molecule has 1 fully saturated rings. The molecule has 4 heteroatoms. The number of halogens is 1. The van der Waals surface area contributed by atoms with Crippen molar-refractivity contribution in [2.24, 2.45) is 5.73 Å². The fourth-order valence-corrected chi connectivity index (χ4v) is 2.25. The van der Waals surface area contributed by atoms with Crippen LogP contribution in [0.15, 0.2) is 18.2 Å². The van der Waals surface area contributed by atoms with Crippen LogP contribution in [0.5, 0.6) is 0 Å². The van der Waals surface area contributed by atoms with Gasteiger partial charge in [-0.05, 0) is 31.0 Å². The number of likely N-dealkylation sites (tertiary alicyclic amines) is 1. The highest BCUT2D eigenvalue weighted by Crippen LogP contribution is 2.21. The molecule has 0 bridgehead atoms. The van der Waals surface area contributed by atoms with E-state index in [0.717, 1.165) is 18.5 Å². The van der Waals surface area contributed by atoms with Crippen molar-refractivity contribution in [1.29, 1.82) is 0 Å². The standard InChI is InChI=1S/C12H15ClN2O/c1-8-2-3-10(11(13)6-8)12(16)15-5-4-9(14)7-15/h2-3,6,9H,4-5,7,14H2,1H3. The molecule has 0 aromatic heterocycles. The van der Waals surface area contributed by atoms with Crippen LogP contribution < -0.4 is 5.73 Å². The van der Waals surface area contributed by atoms with E-state index >= 15 is 0 Å². The zero-order chi connectivity index (χ0) is 11.7. The highest BCUT2D eigenvalue weighted by molar-refractivity contribution is 6.33. The van der Waals surface area contributed by atoms with Crippen LogP contribution in [0.2, 0.25) is 5.02 Å². The molecule has 1 unspecified atom stereocenters. The Morgan fingerprint density at radius 3 is 2.88 bits per heavy atom. The molecule has 0 spiro atoms. The molecule has 1 aromatic carbocycles. The van der Waals surface area contributed by atoms with E-state index in [1.54, 1.807) is 11.0 Å². The van der Waals surface area contributed by atoms with Crippen molar-refractivity contribution in [1.82, 2.24) is 4.90 Å². The lowest BCUT2D eigenvalue weighted by molar-refractivity contribution is 0.0791. The van der Waals surface area contributed by atoms with Gasteiger partial charge in [-0.3, -0.25) is 4.79 Å². The molecule has 1 aromatic rings. The Bertz CT molecular complexity index is 419. The maximum Gasteiger partial charge on any atom is 0.255 e. The van der Waals surface area contributed by atoms with Gasteiger partial charge in [0.25, 0.3) is 5.91 Å². The van der Waals surface area contributed by atoms with Gasteiger partial charge in [-0.1, -0.05) is 17.7 Å². The highest BCUT2D eigenvalue weighted by atomic mass is 35.5. The highest BCUT2D eigenvalue weighted by Gasteiger charge is 2.25. The third-order valence-corrected chi connectivity index (χ3v) is 3.18. The number of benzene rings is 1. The first-order valence-electron chi connectivity index (χ1n) is 5.39. The molecule has 16 heavy (non-hydrogen) atoms. The Morgan fingerprint density at radius 2 is 2.31 bits per heavy atom. The fourth-order valence-electron chi connectivity index (χ4n) is 1.94. The van der Waals surface area contributed by atoms with Gasteiger partial charge < -0.3 is 10.6 Å². The number of carbonyl (C=O) groups excluding carboxylic acids is 1. The van der Waals surface area contributed by atoms with Gasteiger partial charge in [0.05, 0.1) is 10.6 Å². The van der Waals surface area contributed by atoms with E-state index in [9.17, 15) is 4.79 Å². The number of amides is 1. The molecular formula is C12H15ClN2O. The molecule has 1 atom stereocenters. The van der Waals surface area contributed by atoms with E-state index in [1.165, 1.54) is 0 Å². The monoisotopic (exact) mass is 238 g/mol. The number of nitrogens with two attached hydrogens (primary N) is 1. The zero-order valence-electron chi connectivity index (χ0n) is 9.24. The predicted octanol–water partition coefficient (Wildman–Crippen LogP) is 1.82. The number of rotatable bonds is 1. The molecule has 1 saturated heterocycles. The van der Waals surface area contributed by atoms with Crippen LogP contribution in [-0.4, -0.2) is 29.9 Å². The summed E-state index contributed by atoms with van der Waals surface area (Å²) in [5.41, 5.74) is 7.40. The number of carbonyl (C=O) groups is 1. The maximum atomic E-state index is 12.1. The molecule has 0 radical (unpaired) electrons. The molecule has 1 heterocycles. The minimum atomic E-state index is -0.0158. The van der Waals surface area contributed by atoms with Crippen molar-refractivity contribution >= 4 is 17.5 Å². The summed E-state index contributed by atoms with van der Waals surface area (Å²) in [6, 6.07) is 5.59. The normalized spacial score (nSPS) is 20.2. The van der Waals surface area contributed by atoms with Gasteiger partial charge in [0.15, 0.2) is 0 Å². The summed E-state index contributed by atoms with van der Waals surface area (Å²) < 4.78 is 0. The number of nitrogens with zero attached hydrogens (tertiary/aromatic N) is 1. The summed E-state index contributed by atoms with van der Waals surface area (Å²) in [6.07, 6.45) is 0.870. The Labute approximate surface area is 100 Å². The van der Waals surface area contributed by atoms with Crippen molar-refractivity contribution in [2.45, 2.75) is 19.4 Å². The van der Waals surface area contributed by atoms with Crippen molar-refractivity contribution in [3.05, 3.63) is 34.3 Å². The van der Waals surface area contributed by atoms with Crippen LogP contribution in [0.4, 0.5) is 0 Å². The summed E-state index contributed by atoms with van der Waals surface area (Å²) in [4.78, 5) is 13.9. The van der Waals surface area contributed by atoms with Crippen molar-refractivity contribution in [3.8, 4) is 0 Å². The minimum absolute atomic E-state index is 0.0158. The van der Waals surface area contributed by atoms with Gasteiger partial charge in [-0.15, -0.1) is 0 Å². The Balaban J connectivity index is 2.21. The number of hydrogen-bond acceptors (Lipinski definition) is 2. The molecule has 2 N–H and O–H groups in total. The molecule has 3 nitrogen and oxygen atoms in total. The number of hydrogen-bond donors (Lipinski definition) is 1. The quantitative estimate of drug-likeness (QED) is 0.811. The second-order valence-electron chi connectivity index (χ2n) is 4.28. The first kappa shape index (κ1) is 11.4. The average molecular weight is 239 g/mol. The SMILES string of the molecule is Cc1ccc(C(=O)N2CCC(N)C2)c(Cl)c1. The maximum absolute atomic E-state index is 12.1. The van der Waals surface area contributed by atoms with Crippen LogP contribution in [0.1, 0.15) is 22.3 Å². The fraction of sp³-hybridized carbons (Fsp3) is 0.417. The summed E-state index contributed by atoms with van der Waals surface area (Å²) in [7, 11) is 0. The Kier molecular flexibility index (Phi) is 3.17. The zero-order valence-corrected chi connectivity index (χ0v) is 10.00. The molecule has 1 aliphatic heterocycles. The number of aryl methyl sites for hydroxylation is 1. The molecule has 86 valence electrons. The topological polar surface area (TPSA) is 46.3 Å². The summed E-state index contributed by atoms with van der Waals surface area (Å²) in [6.45, 7) is 3.30. The van der Waals surface area contributed by atoms with E-state index in [0.29, 0.717) is 17.1 Å². The van der Waals surface area contributed by atoms with E-state index in [2.05, 4.69) is 0 Å². The largest absolute Gasteiger partial charge is 0.337 e. The van der Waals surface area contributed by atoms with E-state index < -0.39 is 0 Å². The van der Waals surface area contributed by atoms with Gasteiger partial charge in [0.2, 0.25) is 0 Å². The second kappa shape index (κ2) is 4.44. The molecule has 2 rings (SSSR count). The smallest absolute Gasteiger partial charge is 0.255 e. The predicted molar refractivity (Wildman–Crippen MR) is 64.7 cm³/mol.